The molecular weight excluding hydrogens is 330 g/mol. The molecule has 5 rings (SSSR count). The van der Waals surface area contributed by atoms with Gasteiger partial charge >= 0.3 is 0 Å². The number of hydrogen-bond acceptors (Lipinski definition) is 5. The summed E-state index contributed by atoms with van der Waals surface area (Å²) in [6.07, 6.45) is 6.95. The quantitative estimate of drug-likeness (QED) is 0.718. The summed E-state index contributed by atoms with van der Waals surface area (Å²) in [6.45, 7) is 1.22. The predicted octanol–water partition coefficient (Wildman–Crippen LogP) is 1.66. The van der Waals surface area contributed by atoms with Crippen molar-refractivity contribution in [3.63, 3.8) is 0 Å². The van der Waals surface area contributed by atoms with E-state index in [0.29, 0.717) is 19.0 Å². The van der Waals surface area contributed by atoms with E-state index in [-0.39, 0.29) is 5.91 Å². The lowest BCUT2D eigenvalue weighted by Crippen LogP contribution is -2.35. The zero-order chi connectivity index (χ0) is 17.7. The van der Waals surface area contributed by atoms with Gasteiger partial charge in [0.15, 0.2) is 5.82 Å². The van der Waals surface area contributed by atoms with Crippen LogP contribution in [0.5, 0.6) is 0 Å². The Labute approximate surface area is 150 Å². The largest absolute Gasteiger partial charge is 0.334 e. The van der Waals surface area contributed by atoms with Crippen LogP contribution in [0.2, 0.25) is 0 Å². The highest BCUT2D eigenvalue weighted by atomic mass is 16.2. The van der Waals surface area contributed by atoms with Crippen molar-refractivity contribution in [1.29, 1.82) is 0 Å². The molecule has 8 heteroatoms. The van der Waals surface area contributed by atoms with E-state index in [0.717, 1.165) is 47.4 Å². The monoisotopic (exact) mass is 349 g/mol. The lowest BCUT2D eigenvalue weighted by atomic mass is 10.0. The first-order valence-electron chi connectivity index (χ1n) is 8.90. The molecule has 4 heterocycles. The Morgan fingerprint density at radius 2 is 2.15 bits per heavy atom. The molecule has 0 aromatic carbocycles. The van der Waals surface area contributed by atoms with Crippen LogP contribution in [0.3, 0.4) is 0 Å². The number of tetrazole rings is 1. The van der Waals surface area contributed by atoms with Gasteiger partial charge in [0.1, 0.15) is 0 Å². The highest BCUT2D eigenvalue weighted by molar-refractivity contribution is 6.02. The van der Waals surface area contributed by atoms with E-state index < -0.39 is 0 Å². The second-order valence-corrected chi connectivity index (χ2v) is 6.92. The molecule has 0 atom stereocenters. The van der Waals surface area contributed by atoms with Gasteiger partial charge in [-0.05, 0) is 47.4 Å². The number of aromatic nitrogens is 6. The van der Waals surface area contributed by atoms with Crippen LogP contribution >= 0.6 is 0 Å². The maximum Gasteiger partial charge on any atom is 0.258 e. The van der Waals surface area contributed by atoms with E-state index in [1.807, 2.05) is 40.9 Å². The van der Waals surface area contributed by atoms with E-state index in [1.54, 1.807) is 4.68 Å². The molecular formula is C18H19N7O. The number of carbonyl (C=O) groups excluding carboxylic acids is 1. The normalized spacial score (nSPS) is 17.6. The molecule has 1 aliphatic heterocycles. The number of amides is 1. The number of rotatable bonds is 3. The van der Waals surface area contributed by atoms with E-state index in [1.165, 1.54) is 0 Å². The van der Waals surface area contributed by atoms with Gasteiger partial charge in [-0.25, -0.2) is 9.20 Å². The molecule has 132 valence electrons. The second kappa shape index (κ2) is 5.76. The standard InChI is InChI=1S/C18H19N7O/c1-23-17(19-21-22-23)13-7-10-24(11-8-13)18(26)15-14-4-2-3-9-25(14)20-16(15)12-5-6-12/h2-4,7,9,12H,5-6,8,10-11H2,1H3. The Kier molecular flexibility index (Phi) is 3.37. The van der Waals surface area contributed by atoms with Crippen LogP contribution in [-0.2, 0) is 7.05 Å². The Morgan fingerprint density at radius 1 is 1.27 bits per heavy atom. The second-order valence-electron chi connectivity index (χ2n) is 6.92. The molecule has 0 N–H and O–H groups in total. The van der Waals surface area contributed by atoms with E-state index in [4.69, 9.17) is 0 Å². The van der Waals surface area contributed by atoms with Gasteiger partial charge in [0.25, 0.3) is 5.91 Å². The molecule has 0 saturated heterocycles. The van der Waals surface area contributed by atoms with Crippen molar-refractivity contribution < 1.29 is 4.79 Å². The van der Waals surface area contributed by atoms with Crippen LogP contribution in [0, 0.1) is 0 Å². The number of hydrogen-bond donors (Lipinski definition) is 0. The molecule has 3 aromatic heterocycles. The summed E-state index contributed by atoms with van der Waals surface area (Å²) in [5, 5.41) is 16.3. The number of fused-ring (bicyclic) bond motifs is 1. The highest BCUT2D eigenvalue weighted by Crippen LogP contribution is 2.42. The maximum absolute atomic E-state index is 13.3. The van der Waals surface area contributed by atoms with Crippen LogP contribution < -0.4 is 0 Å². The molecule has 26 heavy (non-hydrogen) atoms. The summed E-state index contributed by atoms with van der Waals surface area (Å²) in [4.78, 5) is 15.2. The predicted molar refractivity (Wildman–Crippen MR) is 94.5 cm³/mol. The molecule has 1 amide bonds. The summed E-state index contributed by atoms with van der Waals surface area (Å²) < 4.78 is 3.50. The van der Waals surface area contributed by atoms with Gasteiger partial charge in [0.2, 0.25) is 0 Å². The maximum atomic E-state index is 13.3. The number of carbonyl (C=O) groups is 1. The van der Waals surface area contributed by atoms with Crippen LogP contribution in [-0.4, -0.2) is 53.7 Å². The van der Waals surface area contributed by atoms with Crippen molar-refractivity contribution in [3.05, 3.63) is 47.6 Å². The fourth-order valence-corrected chi connectivity index (χ4v) is 3.59. The third kappa shape index (κ3) is 2.40. The van der Waals surface area contributed by atoms with Crippen molar-refractivity contribution in [3.8, 4) is 0 Å². The summed E-state index contributed by atoms with van der Waals surface area (Å²) in [5.41, 5.74) is 3.70. The van der Waals surface area contributed by atoms with Gasteiger partial charge in [-0.3, -0.25) is 4.79 Å². The van der Waals surface area contributed by atoms with E-state index in [2.05, 4.69) is 26.7 Å². The molecule has 0 bridgehead atoms. The first-order valence-corrected chi connectivity index (χ1v) is 8.90. The van der Waals surface area contributed by atoms with E-state index >= 15 is 0 Å². The lowest BCUT2D eigenvalue weighted by molar-refractivity contribution is 0.0773. The first-order chi connectivity index (χ1) is 12.7. The third-order valence-electron chi connectivity index (χ3n) is 5.15. The van der Waals surface area contributed by atoms with Crippen molar-refractivity contribution in [2.75, 3.05) is 13.1 Å². The molecule has 1 saturated carbocycles. The van der Waals surface area contributed by atoms with Crippen molar-refractivity contribution in [2.45, 2.75) is 25.2 Å². The third-order valence-corrected chi connectivity index (χ3v) is 5.15. The van der Waals surface area contributed by atoms with Gasteiger partial charge in [0.05, 0.1) is 16.8 Å². The fourth-order valence-electron chi connectivity index (χ4n) is 3.59. The minimum atomic E-state index is 0.0690. The lowest BCUT2D eigenvalue weighted by Gasteiger charge is -2.26. The van der Waals surface area contributed by atoms with E-state index in [9.17, 15) is 4.79 Å². The molecule has 8 nitrogen and oxygen atoms in total. The smallest absolute Gasteiger partial charge is 0.258 e. The topological polar surface area (TPSA) is 81.2 Å². The molecule has 1 fully saturated rings. The average Bonchev–Trinajstić information content (AvgIpc) is 3.32. The summed E-state index contributed by atoms with van der Waals surface area (Å²) >= 11 is 0. The van der Waals surface area contributed by atoms with Crippen LogP contribution in [0.1, 0.15) is 47.1 Å². The molecule has 2 aliphatic rings. The van der Waals surface area contributed by atoms with Gasteiger partial charge in [-0.2, -0.15) is 5.10 Å². The van der Waals surface area contributed by atoms with Gasteiger partial charge in [-0.1, -0.05) is 12.1 Å². The summed E-state index contributed by atoms with van der Waals surface area (Å²) in [5.74, 6) is 1.26. The first kappa shape index (κ1) is 15.2. The minimum Gasteiger partial charge on any atom is -0.334 e. The molecule has 0 spiro atoms. The number of nitrogens with zero attached hydrogens (tertiary/aromatic N) is 7. The molecule has 0 radical (unpaired) electrons. The number of pyridine rings is 1. The van der Waals surface area contributed by atoms with Crippen LogP contribution in [0.25, 0.3) is 11.1 Å². The number of aryl methyl sites for hydroxylation is 1. The van der Waals surface area contributed by atoms with Gasteiger partial charge in [0, 0.05) is 32.3 Å². The Hall–Kier alpha value is -3.03. The van der Waals surface area contributed by atoms with Crippen molar-refractivity contribution in [2.24, 2.45) is 7.05 Å². The SMILES string of the molecule is Cn1nnnc1C1=CCN(C(=O)c2c(C3CC3)nn3ccccc23)CC1. The summed E-state index contributed by atoms with van der Waals surface area (Å²) in [7, 11) is 1.83. The van der Waals surface area contributed by atoms with Crippen molar-refractivity contribution >= 4 is 17.0 Å². The fraction of sp³-hybridized carbons (Fsp3) is 0.389. The molecule has 0 unspecified atom stereocenters. The minimum absolute atomic E-state index is 0.0690. The zero-order valence-corrected chi connectivity index (χ0v) is 14.5. The Morgan fingerprint density at radius 3 is 2.85 bits per heavy atom. The average molecular weight is 349 g/mol. The highest BCUT2D eigenvalue weighted by Gasteiger charge is 2.34. The van der Waals surface area contributed by atoms with Crippen molar-refractivity contribution in [1.82, 2.24) is 34.7 Å². The molecule has 3 aromatic rings. The Bertz CT molecular complexity index is 1030. The summed E-state index contributed by atoms with van der Waals surface area (Å²) in [6, 6.07) is 5.87. The van der Waals surface area contributed by atoms with Crippen LogP contribution in [0.15, 0.2) is 30.5 Å². The zero-order valence-electron chi connectivity index (χ0n) is 14.5. The van der Waals surface area contributed by atoms with Crippen LogP contribution in [0.4, 0.5) is 0 Å². The van der Waals surface area contributed by atoms with Gasteiger partial charge < -0.3 is 4.90 Å². The Balaban J connectivity index is 1.46. The van der Waals surface area contributed by atoms with Gasteiger partial charge in [-0.15, -0.1) is 5.10 Å². The molecule has 1 aliphatic carbocycles.